The summed E-state index contributed by atoms with van der Waals surface area (Å²) in [6, 6.07) is 6.86. The van der Waals surface area contributed by atoms with Crippen molar-refractivity contribution in [3.05, 3.63) is 29.8 Å². The Balaban J connectivity index is 2.92. The number of nitrogens with one attached hydrogen (secondary N) is 1. The van der Waals surface area contributed by atoms with Gasteiger partial charge in [0.15, 0.2) is 0 Å². The van der Waals surface area contributed by atoms with Gasteiger partial charge in [-0.3, -0.25) is 0 Å². The van der Waals surface area contributed by atoms with Crippen molar-refractivity contribution in [1.29, 1.82) is 0 Å². The lowest BCUT2D eigenvalue weighted by Crippen LogP contribution is -2.27. The van der Waals surface area contributed by atoms with E-state index in [2.05, 4.69) is 4.72 Å². The number of methoxy groups -OCH3 is 1. The Hall–Kier alpha value is -0.780. The minimum atomic E-state index is -3.43. The zero-order valence-electron chi connectivity index (χ0n) is 9.10. The predicted octanol–water partition coefficient (Wildman–Crippen LogP) is 1.87. The number of rotatable bonds is 5. The summed E-state index contributed by atoms with van der Waals surface area (Å²) >= 11 is 5.32. The van der Waals surface area contributed by atoms with Crippen LogP contribution < -0.4 is 9.46 Å². The lowest BCUT2D eigenvalue weighted by Gasteiger charge is -2.16. The van der Waals surface area contributed by atoms with E-state index in [1.807, 2.05) is 12.1 Å². The summed E-state index contributed by atoms with van der Waals surface area (Å²) < 4.78 is 30.2. The monoisotopic (exact) mass is 263 g/mol. The van der Waals surface area contributed by atoms with E-state index < -0.39 is 15.2 Å². The number of benzene rings is 1. The third kappa shape index (κ3) is 3.37. The lowest BCUT2D eigenvalue weighted by atomic mass is 10.1. The fraction of sp³-hybridized carbons (Fsp3) is 0.400. The van der Waals surface area contributed by atoms with Gasteiger partial charge in [-0.1, -0.05) is 18.2 Å². The van der Waals surface area contributed by atoms with Crippen LogP contribution in [0.1, 0.15) is 18.5 Å². The number of hydrogen-bond acceptors (Lipinski definition) is 3. The van der Waals surface area contributed by atoms with Gasteiger partial charge in [0.2, 0.25) is 10.0 Å². The molecule has 90 valence electrons. The largest absolute Gasteiger partial charge is 0.496 e. The molecule has 0 unspecified atom stereocenters. The molecule has 1 aromatic rings. The van der Waals surface area contributed by atoms with Gasteiger partial charge in [-0.2, -0.15) is 0 Å². The maximum Gasteiger partial charge on any atom is 0.226 e. The summed E-state index contributed by atoms with van der Waals surface area (Å²) in [7, 11) is -1.89. The average molecular weight is 264 g/mol. The first-order valence-corrected chi connectivity index (χ1v) is 6.87. The minimum Gasteiger partial charge on any atom is -0.496 e. The first kappa shape index (κ1) is 13.3. The molecule has 0 radical (unpaired) electrons. The van der Waals surface area contributed by atoms with Gasteiger partial charge < -0.3 is 4.74 Å². The van der Waals surface area contributed by atoms with Crippen molar-refractivity contribution < 1.29 is 13.2 Å². The lowest BCUT2D eigenvalue weighted by molar-refractivity contribution is 0.405. The fourth-order valence-corrected chi connectivity index (χ4v) is 2.31. The van der Waals surface area contributed by atoms with Crippen molar-refractivity contribution in [2.75, 3.05) is 12.3 Å². The molecule has 0 bridgehead atoms. The molecule has 16 heavy (non-hydrogen) atoms. The molecule has 0 heterocycles. The van der Waals surface area contributed by atoms with Gasteiger partial charge in [-0.15, -0.1) is 11.6 Å². The topological polar surface area (TPSA) is 55.4 Å². The first-order chi connectivity index (χ1) is 7.50. The van der Waals surface area contributed by atoms with Crippen LogP contribution in [0, 0.1) is 0 Å². The number of para-hydroxylation sites is 1. The summed E-state index contributed by atoms with van der Waals surface area (Å²) in [5, 5.41) is -0.452. The van der Waals surface area contributed by atoms with E-state index in [1.165, 1.54) is 0 Å². The van der Waals surface area contributed by atoms with E-state index in [0.717, 1.165) is 5.56 Å². The van der Waals surface area contributed by atoms with Crippen molar-refractivity contribution in [3.8, 4) is 5.75 Å². The van der Waals surface area contributed by atoms with Crippen LogP contribution in [-0.2, 0) is 10.0 Å². The Kier molecular flexibility index (Phi) is 4.58. The Morgan fingerprint density at radius 2 is 2.06 bits per heavy atom. The van der Waals surface area contributed by atoms with Crippen molar-refractivity contribution in [2.45, 2.75) is 13.0 Å². The number of halogens is 1. The SMILES string of the molecule is COc1ccccc1[C@H](C)NS(=O)(=O)CCl. The number of alkyl halides is 1. The van der Waals surface area contributed by atoms with Gasteiger partial charge in [0.25, 0.3) is 0 Å². The van der Waals surface area contributed by atoms with Crippen molar-refractivity contribution in [3.63, 3.8) is 0 Å². The van der Waals surface area contributed by atoms with Crippen molar-refractivity contribution in [2.24, 2.45) is 0 Å². The molecule has 0 aliphatic heterocycles. The van der Waals surface area contributed by atoms with Crippen LogP contribution in [0.4, 0.5) is 0 Å². The Morgan fingerprint density at radius 3 is 2.62 bits per heavy atom. The second kappa shape index (κ2) is 5.52. The molecule has 0 aliphatic rings. The second-order valence-electron chi connectivity index (χ2n) is 3.31. The molecule has 0 saturated heterocycles. The smallest absolute Gasteiger partial charge is 0.226 e. The zero-order chi connectivity index (χ0) is 12.2. The molecule has 0 spiro atoms. The van der Waals surface area contributed by atoms with Crippen LogP contribution in [0.15, 0.2) is 24.3 Å². The molecule has 1 rings (SSSR count). The molecule has 0 amide bonds. The molecule has 1 N–H and O–H groups in total. The van der Waals surface area contributed by atoms with Crippen molar-refractivity contribution in [1.82, 2.24) is 4.72 Å². The van der Waals surface area contributed by atoms with Gasteiger partial charge in [0, 0.05) is 11.6 Å². The summed E-state index contributed by atoms with van der Waals surface area (Å²) in [6.45, 7) is 1.74. The van der Waals surface area contributed by atoms with Crippen LogP contribution in [0.3, 0.4) is 0 Å². The molecule has 1 aromatic carbocycles. The van der Waals surface area contributed by atoms with Crippen LogP contribution >= 0.6 is 11.6 Å². The van der Waals surface area contributed by atoms with Gasteiger partial charge in [0.05, 0.1) is 7.11 Å². The highest BCUT2D eigenvalue weighted by molar-refractivity contribution is 7.90. The van der Waals surface area contributed by atoms with E-state index >= 15 is 0 Å². The molecule has 0 aromatic heterocycles. The van der Waals surface area contributed by atoms with E-state index in [4.69, 9.17) is 16.3 Å². The van der Waals surface area contributed by atoms with Gasteiger partial charge in [-0.05, 0) is 13.0 Å². The fourth-order valence-electron chi connectivity index (χ4n) is 1.39. The maximum absolute atomic E-state index is 11.3. The summed E-state index contributed by atoms with van der Waals surface area (Å²) in [5.74, 6) is 0.646. The summed E-state index contributed by atoms with van der Waals surface area (Å²) in [5.41, 5.74) is 0.777. The highest BCUT2D eigenvalue weighted by Crippen LogP contribution is 2.24. The first-order valence-electron chi connectivity index (χ1n) is 4.69. The third-order valence-corrected chi connectivity index (χ3v) is 3.97. The van der Waals surface area contributed by atoms with Gasteiger partial charge >= 0.3 is 0 Å². The Bertz CT molecular complexity index is 447. The molecule has 1 atom stereocenters. The molecule has 4 nitrogen and oxygen atoms in total. The molecule has 6 heteroatoms. The van der Waals surface area contributed by atoms with Crippen LogP contribution in [-0.4, -0.2) is 20.7 Å². The predicted molar refractivity (Wildman–Crippen MR) is 64.2 cm³/mol. The highest BCUT2D eigenvalue weighted by atomic mass is 35.5. The van der Waals surface area contributed by atoms with Crippen LogP contribution in [0.2, 0.25) is 0 Å². The third-order valence-electron chi connectivity index (χ3n) is 2.11. The van der Waals surface area contributed by atoms with E-state index in [9.17, 15) is 8.42 Å². The summed E-state index contributed by atoms with van der Waals surface area (Å²) in [6.07, 6.45) is 0. The normalized spacial score (nSPS) is 13.4. The Labute approximate surface area is 101 Å². The number of sulfonamides is 1. The summed E-state index contributed by atoms with van der Waals surface area (Å²) in [4.78, 5) is 0. The van der Waals surface area contributed by atoms with Gasteiger partial charge in [0.1, 0.15) is 11.0 Å². The quantitative estimate of drug-likeness (QED) is 0.825. The van der Waals surface area contributed by atoms with Crippen LogP contribution in [0.5, 0.6) is 5.75 Å². The van der Waals surface area contributed by atoms with E-state index in [1.54, 1.807) is 26.2 Å². The van der Waals surface area contributed by atoms with E-state index in [-0.39, 0.29) is 6.04 Å². The van der Waals surface area contributed by atoms with Crippen molar-refractivity contribution >= 4 is 21.6 Å². The Morgan fingerprint density at radius 1 is 1.44 bits per heavy atom. The van der Waals surface area contributed by atoms with Crippen LogP contribution in [0.25, 0.3) is 0 Å². The molecular formula is C10H14ClNO3S. The molecule has 0 aliphatic carbocycles. The number of hydrogen-bond donors (Lipinski definition) is 1. The molecular weight excluding hydrogens is 250 g/mol. The van der Waals surface area contributed by atoms with E-state index in [0.29, 0.717) is 5.75 Å². The standard InChI is InChI=1S/C10H14ClNO3S/c1-8(12-16(13,14)7-11)9-5-3-4-6-10(9)15-2/h3-6,8,12H,7H2,1-2H3/t8-/m0/s1. The zero-order valence-corrected chi connectivity index (χ0v) is 10.7. The molecule has 0 fully saturated rings. The highest BCUT2D eigenvalue weighted by Gasteiger charge is 2.17. The average Bonchev–Trinajstić information content (AvgIpc) is 2.28. The van der Waals surface area contributed by atoms with Gasteiger partial charge in [-0.25, -0.2) is 13.1 Å². The maximum atomic E-state index is 11.3. The number of ether oxygens (including phenoxy) is 1. The minimum absolute atomic E-state index is 0.375. The molecule has 0 saturated carbocycles. The second-order valence-corrected chi connectivity index (χ2v) is 5.64.